The second-order valence-electron chi connectivity index (χ2n) is 6.02. The number of benzene rings is 1. The molecule has 0 radical (unpaired) electrons. The summed E-state index contributed by atoms with van der Waals surface area (Å²) in [5, 5.41) is 4.04. The van der Waals surface area contributed by atoms with Crippen LogP contribution < -0.4 is 5.73 Å². The van der Waals surface area contributed by atoms with E-state index in [1.165, 1.54) is 12.1 Å². The number of nitrogens with zero attached hydrogens (tertiary/aromatic N) is 2. The van der Waals surface area contributed by atoms with Gasteiger partial charge in [-0.3, -0.25) is 4.79 Å². The molecule has 2 heterocycles. The first-order chi connectivity index (χ1) is 11.0. The number of likely N-dealkylation sites (tertiary alicyclic amines) is 1. The van der Waals surface area contributed by atoms with Crippen molar-refractivity contribution in [1.29, 1.82) is 0 Å². The molecule has 1 amide bonds. The van der Waals surface area contributed by atoms with Gasteiger partial charge in [-0.25, -0.2) is 4.39 Å². The van der Waals surface area contributed by atoms with Crippen molar-refractivity contribution in [2.24, 2.45) is 0 Å². The predicted molar refractivity (Wildman–Crippen MR) is 84.3 cm³/mol. The Balaban J connectivity index is 1.58. The number of hydrogen-bond acceptors (Lipinski definition) is 4. The summed E-state index contributed by atoms with van der Waals surface area (Å²) in [4.78, 5) is 14.2. The molecule has 0 saturated carbocycles. The first-order valence-corrected chi connectivity index (χ1v) is 7.78. The molecular formula is C17H20FN3O2. The minimum absolute atomic E-state index is 0.0328. The number of rotatable bonds is 3. The van der Waals surface area contributed by atoms with Crippen molar-refractivity contribution in [3.8, 4) is 0 Å². The number of hydrogen-bond donors (Lipinski definition) is 1. The number of carbonyl (C=O) groups is 1. The lowest BCUT2D eigenvalue weighted by Crippen LogP contribution is -2.39. The van der Waals surface area contributed by atoms with Crippen LogP contribution in [-0.4, -0.2) is 29.1 Å². The van der Waals surface area contributed by atoms with Gasteiger partial charge in [0.05, 0.1) is 12.1 Å². The van der Waals surface area contributed by atoms with Gasteiger partial charge in [0.1, 0.15) is 5.82 Å². The van der Waals surface area contributed by atoms with Crippen molar-refractivity contribution >= 4 is 11.8 Å². The summed E-state index contributed by atoms with van der Waals surface area (Å²) in [5.41, 5.74) is 8.20. The number of nitrogen functional groups attached to an aromatic ring is 1. The van der Waals surface area contributed by atoms with Crippen LogP contribution in [0, 0.1) is 12.7 Å². The summed E-state index contributed by atoms with van der Waals surface area (Å²) in [6.07, 6.45) is 1.90. The molecule has 2 aromatic rings. The Morgan fingerprint density at radius 3 is 2.78 bits per heavy atom. The van der Waals surface area contributed by atoms with Gasteiger partial charge in [0.2, 0.25) is 11.8 Å². The predicted octanol–water partition coefficient (Wildman–Crippen LogP) is 2.65. The second-order valence-corrected chi connectivity index (χ2v) is 6.02. The van der Waals surface area contributed by atoms with E-state index in [4.69, 9.17) is 10.3 Å². The van der Waals surface area contributed by atoms with Crippen LogP contribution in [0.15, 0.2) is 28.8 Å². The van der Waals surface area contributed by atoms with E-state index in [-0.39, 0.29) is 24.1 Å². The second kappa shape index (κ2) is 6.40. The summed E-state index contributed by atoms with van der Waals surface area (Å²) in [5.74, 6) is 0.359. The smallest absolute Gasteiger partial charge is 0.226 e. The average Bonchev–Trinajstić information content (AvgIpc) is 2.87. The van der Waals surface area contributed by atoms with Crippen LogP contribution >= 0.6 is 0 Å². The van der Waals surface area contributed by atoms with Gasteiger partial charge < -0.3 is 15.2 Å². The zero-order chi connectivity index (χ0) is 16.4. The fraction of sp³-hybridized carbons (Fsp3) is 0.412. The van der Waals surface area contributed by atoms with Gasteiger partial charge in [0.25, 0.3) is 0 Å². The van der Waals surface area contributed by atoms with Crippen molar-refractivity contribution in [2.45, 2.75) is 32.1 Å². The molecule has 3 rings (SSSR count). The standard InChI is InChI=1S/C17H20FN3O2/c1-11-16(20-23-17(11)19)13-5-7-21(8-6-13)15(22)10-12-3-2-4-14(18)9-12/h2-4,9,13H,5-8,10,19H2,1H3. The van der Waals surface area contributed by atoms with Crippen LogP contribution in [0.3, 0.4) is 0 Å². The van der Waals surface area contributed by atoms with E-state index in [1.54, 1.807) is 12.1 Å². The van der Waals surface area contributed by atoms with E-state index < -0.39 is 0 Å². The molecular weight excluding hydrogens is 297 g/mol. The number of aromatic nitrogens is 1. The van der Waals surface area contributed by atoms with Crippen molar-refractivity contribution in [3.05, 3.63) is 46.9 Å². The topological polar surface area (TPSA) is 72.4 Å². The highest BCUT2D eigenvalue weighted by atomic mass is 19.1. The van der Waals surface area contributed by atoms with E-state index in [2.05, 4.69) is 5.16 Å². The Kier molecular flexibility index (Phi) is 4.32. The normalized spacial score (nSPS) is 15.8. The quantitative estimate of drug-likeness (QED) is 0.944. The summed E-state index contributed by atoms with van der Waals surface area (Å²) < 4.78 is 18.2. The monoisotopic (exact) mass is 317 g/mol. The van der Waals surface area contributed by atoms with E-state index in [1.807, 2.05) is 11.8 Å². The Morgan fingerprint density at radius 2 is 2.17 bits per heavy atom. The molecule has 1 aromatic heterocycles. The Bertz CT molecular complexity index is 706. The molecule has 0 unspecified atom stereocenters. The zero-order valence-corrected chi connectivity index (χ0v) is 13.1. The van der Waals surface area contributed by atoms with Crippen molar-refractivity contribution in [3.63, 3.8) is 0 Å². The van der Waals surface area contributed by atoms with Gasteiger partial charge in [0.15, 0.2) is 0 Å². The number of amides is 1. The molecule has 1 aliphatic heterocycles. The largest absolute Gasteiger partial charge is 0.367 e. The van der Waals surface area contributed by atoms with Crippen LogP contribution in [0.1, 0.15) is 35.6 Å². The molecule has 23 heavy (non-hydrogen) atoms. The SMILES string of the molecule is Cc1c(C2CCN(C(=O)Cc3cccc(F)c3)CC2)noc1N. The third kappa shape index (κ3) is 3.36. The molecule has 1 fully saturated rings. The molecule has 5 nitrogen and oxygen atoms in total. The minimum Gasteiger partial charge on any atom is -0.367 e. The maximum atomic E-state index is 13.2. The highest BCUT2D eigenvalue weighted by molar-refractivity contribution is 5.78. The Morgan fingerprint density at radius 1 is 1.43 bits per heavy atom. The zero-order valence-electron chi connectivity index (χ0n) is 13.1. The van der Waals surface area contributed by atoms with E-state index in [0.29, 0.717) is 24.5 Å². The molecule has 0 aliphatic carbocycles. The summed E-state index contributed by atoms with van der Waals surface area (Å²) >= 11 is 0. The highest BCUT2D eigenvalue weighted by Gasteiger charge is 2.27. The van der Waals surface area contributed by atoms with Crippen LogP contribution in [0.2, 0.25) is 0 Å². The summed E-state index contributed by atoms with van der Waals surface area (Å²) in [6.45, 7) is 3.25. The van der Waals surface area contributed by atoms with E-state index in [0.717, 1.165) is 24.1 Å². The van der Waals surface area contributed by atoms with E-state index in [9.17, 15) is 9.18 Å². The minimum atomic E-state index is -0.312. The molecule has 6 heteroatoms. The van der Waals surface area contributed by atoms with Gasteiger partial charge in [0, 0.05) is 24.6 Å². The highest BCUT2D eigenvalue weighted by Crippen LogP contribution is 2.31. The third-order valence-corrected chi connectivity index (χ3v) is 4.47. The van der Waals surface area contributed by atoms with Gasteiger partial charge in [-0.1, -0.05) is 17.3 Å². The first-order valence-electron chi connectivity index (χ1n) is 7.78. The maximum absolute atomic E-state index is 13.2. The molecule has 0 atom stereocenters. The lowest BCUT2D eigenvalue weighted by atomic mass is 9.91. The summed E-state index contributed by atoms with van der Waals surface area (Å²) in [6, 6.07) is 6.19. The number of carbonyl (C=O) groups excluding carboxylic acids is 1. The molecule has 1 saturated heterocycles. The lowest BCUT2D eigenvalue weighted by molar-refractivity contribution is -0.131. The number of nitrogens with two attached hydrogens (primary N) is 1. The Labute approximate surface area is 134 Å². The van der Waals surface area contributed by atoms with E-state index >= 15 is 0 Å². The molecule has 2 N–H and O–H groups in total. The van der Waals surface area contributed by atoms with Crippen LogP contribution in [0.5, 0.6) is 0 Å². The van der Waals surface area contributed by atoms with Crippen LogP contribution in [0.25, 0.3) is 0 Å². The lowest BCUT2D eigenvalue weighted by Gasteiger charge is -2.31. The first kappa shape index (κ1) is 15.5. The third-order valence-electron chi connectivity index (χ3n) is 4.47. The summed E-state index contributed by atoms with van der Waals surface area (Å²) in [7, 11) is 0. The molecule has 122 valence electrons. The van der Waals surface area contributed by atoms with Crippen molar-refractivity contribution in [1.82, 2.24) is 10.1 Å². The fourth-order valence-corrected chi connectivity index (χ4v) is 3.08. The average molecular weight is 317 g/mol. The molecule has 0 spiro atoms. The number of anilines is 1. The van der Waals surface area contributed by atoms with Gasteiger partial charge in [-0.05, 0) is 37.5 Å². The fourth-order valence-electron chi connectivity index (χ4n) is 3.08. The van der Waals surface area contributed by atoms with Crippen LogP contribution in [0.4, 0.5) is 10.3 Å². The number of piperidine rings is 1. The van der Waals surface area contributed by atoms with Gasteiger partial charge in [-0.2, -0.15) is 0 Å². The van der Waals surface area contributed by atoms with Crippen LogP contribution in [-0.2, 0) is 11.2 Å². The maximum Gasteiger partial charge on any atom is 0.226 e. The molecule has 0 bridgehead atoms. The molecule has 1 aliphatic rings. The number of halogens is 1. The van der Waals surface area contributed by atoms with Crippen molar-refractivity contribution < 1.29 is 13.7 Å². The molecule has 1 aromatic carbocycles. The Hall–Kier alpha value is -2.37. The van der Waals surface area contributed by atoms with Gasteiger partial charge in [-0.15, -0.1) is 0 Å². The van der Waals surface area contributed by atoms with Crippen molar-refractivity contribution in [2.75, 3.05) is 18.8 Å². The van der Waals surface area contributed by atoms with Gasteiger partial charge >= 0.3 is 0 Å².